The summed E-state index contributed by atoms with van der Waals surface area (Å²) in [5.41, 5.74) is 6.06. The largest absolute Gasteiger partial charge is 0.334 e. The molecule has 0 aliphatic carbocycles. The lowest BCUT2D eigenvalue weighted by Gasteiger charge is -2.28. The molecule has 0 bridgehead atoms. The van der Waals surface area contributed by atoms with E-state index in [1.54, 1.807) is 11.3 Å². The lowest BCUT2D eigenvalue weighted by Crippen LogP contribution is -2.35. The minimum absolute atomic E-state index is 0.0157. The minimum Gasteiger partial charge on any atom is -0.334 e. The van der Waals surface area contributed by atoms with Gasteiger partial charge in [0, 0.05) is 34.8 Å². The Morgan fingerprint density at radius 2 is 1.86 bits per heavy atom. The predicted octanol–water partition coefficient (Wildman–Crippen LogP) is 5.12. The van der Waals surface area contributed by atoms with Crippen LogP contribution < -0.4 is 5.32 Å². The van der Waals surface area contributed by atoms with Crippen LogP contribution in [0, 0.1) is 20.8 Å². The Balaban J connectivity index is 1.56. The molecule has 1 aliphatic heterocycles. The molecule has 0 unspecified atom stereocenters. The molecule has 0 spiro atoms. The standard InChI is InChI=1S/C24H24N2O2S/c1-15-7-8-19(16(2)13-15)23(27)25-21-6-4-5-20(17(21)3)24(28)26-11-9-22-18(14-26)10-12-29-22/h4-8,10,12-13H,9,11,14H2,1-3H3,(H,25,27). The van der Waals surface area contributed by atoms with Crippen molar-refractivity contribution in [2.24, 2.45) is 0 Å². The number of nitrogens with one attached hydrogen (secondary N) is 1. The van der Waals surface area contributed by atoms with Crippen molar-refractivity contribution in [1.82, 2.24) is 4.90 Å². The summed E-state index contributed by atoms with van der Waals surface area (Å²) in [6.45, 7) is 7.21. The third-order valence-electron chi connectivity index (χ3n) is 5.53. The van der Waals surface area contributed by atoms with Gasteiger partial charge in [-0.2, -0.15) is 0 Å². The number of carbonyl (C=O) groups is 2. The van der Waals surface area contributed by atoms with Crippen molar-refractivity contribution in [2.45, 2.75) is 33.7 Å². The Morgan fingerprint density at radius 3 is 2.66 bits per heavy atom. The van der Waals surface area contributed by atoms with E-state index in [0.29, 0.717) is 23.4 Å². The summed E-state index contributed by atoms with van der Waals surface area (Å²) < 4.78 is 0. The monoisotopic (exact) mass is 404 g/mol. The number of hydrogen-bond acceptors (Lipinski definition) is 3. The normalized spacial score (nSPS) is 13.1. The van der Waals surface area contributed by atoms with E-state index in [9.17, 15) is 9.59 Å². The van der Waals surface area contributed by atoms with Crippen LogP contribution >= 0.6 is 11.3 Å². The van der Waals surface area contributed by atoms with Crippen molar-refractivity contribution >= 4 is 28.8 Å². The highest BCUT2D eigenvalue weighted by atomic mass is 32.1. The third kappa shape index (κ3) is 3.83. The number of fused-ring (bicyclic) bond motifs is 1. The summed E-state index contributed by atoms with van der Waals surface area (Å²) in [5.74, 6) is -0.141. The Labute approximate surface area is 175 Å². The van der Waals surface area contributed by atoms with E-state index in [1.165, 1.54) is 10.4 Å². The molecular weight excluding hydrogens is 380 g/mol. The van der Waals surface area contributed by atoms with E-state index >= 15 is 0 Å². The van der Waals surface area contributed by atoms with Crippen molar-refractivity contribution in [3.05, 3.63) is 86.1 Å². The van der Waals surface area contributed by atoms with Gasteiger partial charge in [-0.15, -0.1) is 11.3 Å². The van der Waals surface area contributed by atoms with E-state index in [4.69, 9.17) is 0 Å². The molecule has 0 saturated carbocycles. The van der Waals surface area contributed by atoms with Crippen LogP contribution in [-0.2, 0) is 13.0 Å². The van der Waals surface area contributed by atoms with Gasteiger partial charge in [0.2, 0.25) is 0 Å². The molecule has 1 N–H and O–H groups in total. The third-order valence-corrected chi connectivity index (χ3v) is 6.56. The van der Waals surface area contributed by atoms with Gasteiger partial charge in [-0.3, -0.25) is 9.59 Å². The smallest absolute Gasteiger partial charge is 0.255 e. The molecule has 2 amide bonds. The van der Waals surface area contributed by atoms with Crippen LogP contribution in [0.4, 0.5) is 5.69 Å². The van der Waals surface area contributed by atoms with Gasteiger partial charge < -0.3 is 10.2 Å². The summed E-state index contributed by atoms with van der Waals surface area (Å²) in [6.07, 6.45) is 0.904. The fourth-order valence-corrected chi connectivity index (χ4v) is 4.74. The Hall–Kier alpha value is -2.92. The van der Waals surface area contributed by atoms with Gasteiger partial charge >= 0.3 is 0 Å². The molecule has 3 aromatic rings. The molecule has 4 rings (SSSR count). The highest BCUT2D eigenvalue weighted by molar-refractivity contribution is 7.10. The molecule has 0 radical (unpaired) electrons. The zero-order valence-corrected chi connectivity index (χ0v) is 17.7. The fourth-order valence-electron chi connectivity index (χ4n) is 3.85. The van der Waals surface area contributed by atoms with Crippen LogP contribution in [0.25, 0.3) is 0 Å². The number of aryl methyl sites for hydroxylation is 2. The molecule has 2 aromatic carbocycles. The second kappa shape index (κ2) is 7.84. The Bertz CT molecular complexity index is 1100. The highest BCUT2D eigenvalue weighted by Gasteiger charge is 2.24. The second-order valence-corrected chi connectivity index (χ2v) is 8.60. The fraction of sp³-hybridized carbons (Fsp3) is 0.250. The van der Waals surface area contributed by atoms with Gasteiger partial charge in [-0.1, -0.05) is 23.8 Å². The van der Waals surface area contributed by atoms with Gasteiger partial charge in [0.05, 0.1) is 0 Å². The van der Waals surface area contributed by atoms with Crippen molar-refractivity contribution in [2.75, 3.05) is 11.9 Å². The summed E-state index contributed by atoms with van der Waals surface area (Å²) in [7, 11) is 0. The van der Waals surface area contributed by atoms with Gasteiger partial charge in [-0.25, -0.2) is 0 Å². The maximum Gasteiger partial charge on any atom is 0.255 e. The number of thiophene rings is 1. The lowest BCUT2D eigenvalue weighted by atomic mass is 10.0. The summed E-state index contributed by atoms with van der Waals surface area (Å²) in [6, 6.07) is 13.4. The number of hydrogen-bond donors (Lipinski definition) is 1. The number of nitrogens with zero attached hydrogens (tertiary/aromatic N) is 1. The number of rotatable bonds is 3. The van der Waals surface area contributed by atoms with E-state index < -0.39 is 0 Å². The van der Waals surface area contributed by atoms with Crippen molar-refractivity contribution < 1.29 is 9.59 Å². The van der Waals surface area contributed by atoms with Gasteiger partial charge in [0.15, 0.2) is 0 Å². The van der Waals surface area contributed by atoms with E-state index in [-0.39, 0.29) is 11.8 Å². The predicted molar refractivity (Wildman–Crippen MR) is 118 cm³/mol. The van der Waals surface area contributed by atoms with Crippen LogP contribution in [0.5, 0.6) is 0 Å². The molecule has 148 valence electrons. The summed E-state index contributed by atoms with van der Waals surface area (Å²) in [5, 5.41) is 5.08. The molecule has 0 fully saturated rings. The van der Waals surface area contributed by atoms with Gasteiger partial charge in [-0.05, 0) is 73.5 Å². The molecule has 0 saturated heterocycles. The van der Waals surface area contributed by atoms with E-state index in [1.807, 2.05) is 62.1 Å². The number of carbonyl (C=O) groups excluding carboxylic acids is 2. The Morgan fingerprint density at radius 1 is 1.03 bits per heavy atom. The van der Waals surface area contributed by atoms with E-state index in [0.717, 1.165) is 29.7 Å². The van der Waals surface area contributed by atoms with Crippen LogP contribution in [0.3, 0.4) is 0 Å². The maximum absolute atomic E-state index is 13.2. The summed E-state index contributed by atoms with van der Waals surface area (Å²) >= 11 is 1.76. The van der Waals surface area contributed by atoms with Crippen LogP contribution in [-0.4, -0.2) is 23.3 Å². The number of anilines is 1. The first-order chi connectivity index (χ1) is 13.9. The first-order valence-electron chi connectivity index (χ1n) is 9.77. The minimum atomic E-state index is -0.156. The average molecular weight is 405 g/mol. The average Bonchev–Trinajstić information content (AvgIpc) is 3.16. The first-order valence-corrected chi connectivity index (χ1v) is 10.6. The molecule has 4 nitrogen and oxygen atoms in total. The SMILES string of the molecule is Cc1ccc(C(=O)Nc2cccc(C(=O)N3CCc4sccc4C3)c2C)c(C)c1. The first kappa shape index (κ1) is 19.4. The highest BCUT2D eigenvalue weighted by Crippen LogP contribution is 2.27. The molecule has 1 aliphatic rings. The lowest BCUT2D eigenvalue weighted by molar-refractivity contribution is 0.0735. The van der Waals surface area contributed by atoms with Crippen molar-refractivity contribution in [3.63, 3.8) is 0 Å². The zero-order valence-electron chi connectivity index (χ0n) is 16.9. The molecule has 1 aromatic heterocycles. The molecule has 29 heavy (non-hydrogen) atoms. The quantitative estimate of drug-likeness (QED) is 0.658. The van der Waals surface area contributed by atoms with E-state index in [2.05, 4.69) is 16.8 Å². The van der Waals surface area contributed by atoms with Gasteiger partial charge in [0.25, 0.3) is 11.8 Å². The second-order valence-electron chi connectivity index (χ2n) is 7.60. The maximum atomic E-state index is 13.2. The van der Waals surface area contributed by atoms with Crippen LogP contribution in [0.2, 0.25) is 0 Å². The van der Waals surface area contributed by atoms with Crippen LogP contribution in [0.15, 0.2) is 47.8 Å². The number of benzene rings is 2. The molecular formula is C24H24N2O2S. The molecule has 5 heteroatoms. The molecule has 2 heterocycles. The van der Waals surface area contributed by atoms with Gasteiger partial charge in [0.1, 0.15) is 0 Å². The summed E-state index contributed by atoms with van der Waals surface area (Å²) in [4.78, 5) is 29.2. The Kier molecular flexibility index (Phi) is 5.24. The zero-order chi connectivity index (χ0) is 20.5. The van der Waals surface area contributed by atoms with Crippen LogP contribution in [0.1, 0.15) is 47.8 Å². The van der Waals surface area contributed by atoms with Crippen molar-refractivity contribution in [1.29, 1.82) is 0 Å². The van der Waals surface area contributed by atoms with Crippen molar-refractivity contribution in [3.8, 4) is 0 Å². The molecule has 0 atom stereocenters. The number of amides is 2. The topological polar surface area (TPSA) is 49.4 Å².